The summed E-state index contributed by atoms with van der Waals surface area (Å²) in [6.45, 7) is 7.76. The number of nitrogens with one attached hydrogen (secondary N) is 1. The summed E-state index contributed by atoms with van der Waals surface area (Å²) in [6, 6.07) is 2.82. The number of rotatable bonds is 8. The van der Waals surface area contributed by atoms with Gasteiger partial charge in [-0.2, -0.15) is 0 Å². The van der Waals surface area contributed by atoms with Crippen molar-refractivity contribution in [2.24, 2.45) is 0 Å². The molecule has 0 aliphatic rings. The molecule has 0 atom stereocenters. The van der Waals surface area contributed by atoms with E-state index in [9.17, 15) is 0 Å². The molecule has 1 heterocycles. The van der Waals surface area contributed by atoms with Gasteiger partial charge in [-0.1, -0.05) is 13.8 Å². The Morgan fingerprint density at radius 3 is 2.76 bits per heavy atom. The van der Waals surface area contributed by atoms with Crippen molar-refractivity contribution in [2.75, 3.05) is 20.1 Å². The fraction of sp³-hybridized carbons (Fsp3) is 0.692. The molecule has 0 saturated heterocycles. The molecule has 2 nitrogen and oxygen atoms in total. The van der Waals surface area contributed by atoms with Gasteiger partial charge in [0, 0.05) is 27.3 Å². The quantitative estimate of drug-likeness (QED) is 0.735. The van der Waals surface area contributed by atoms with Gasteiger partial charge < -0.3 is 10.2 Å². The lowest BCUT2D eigenvalue weighted by atomic mass is 10.2. The molecule has 0 aliphatic carbocycles. The molecule has 0 fully saturated rings. The van der Waals surface area contributed by atoms with Crippen molar-refractivity contribution in [1.29, 1.82) is 0 Å². The number of unbranched alkanes of at least 4 members (excludes halogenated alkanes) is 1. The Balaban J connectivity index is 2.07. The fourth-order valence-electron chi connectivity index (χ4n) is 1.68. The van der Waals surface area contributed by atoms with Gasteiger partial charge in [-0.3, -0.25) is 0 Å². The van der Waals surface area contributed by atoms with E-state index in [0.717, 1.165) is 13.1 Å². The zero-order valence-corrected chi connectivity index (χ0v) is 13.4. The Morgan fingerprint density at radius 2 is 2.18 bits per heavy atom. The van der Waals surface area contributed by atoms with Crippen molar-refractivity contribution in [2.45, 2.75) is 39.3 Å². The van der Waals surface area contributed by atoms with Crippen LogP contribution >= 0.6 is 27.3 Å². The number of thiophene rings is 1. The third-order valence-corrected chi connectivity index (χ3v) is 4.25. The predicted octanol–water partition coefficient (Wildman–Crippen LogP) is 3.72. The number of halogens is 1. The van der Waals surface area contributed by atoms with E-state index < -0.39 is 0 Å². The summed E-state index contributed by atoms with van der Waals surface area (Å²) >= 11 is 5.32. The van der Waals surface area contributed by atoms with Crippen LogP contribution in [0.15, 0.2) is 15.9 Å². The Kier molecular flexibility index (Phi) is 7.35. The molecule has 98 valence electrons. The van der Waals surface area contributed by atoms with Gasteiger partial charge in [-0.15, -0.1) is 11.3 Å². The van der Waals surface area contributed by atoms with Crippen LogP contribution in [0, 0.1) is 0 Å². The third kappa shape index (κ3) is 7.19. The highest BCUT2D eigenvalue weighted by Crippen LogP contribution is 2.20. The largest absolute Gasteiger partial charge is 0.315 e. The maximum absolute atomic E-state index is 3.49. The number of hydrogen-bond donors (Lipinski definition) is 1. The summed E-state index contributed by atoms with van der Waals surface area (Å²) in [4.78, 5) is 3.83. The van der Waals surface area contributed by atoms with E-state index in [1.54, 1.807) is 0 Å². The van der Waals surface area contributed by atoms with Gasteiger partial charge in [-0.25, -0.2) is 0 Å². The van der Waals surface area contributed by atoms with Crippen LogP contribution in [0.1, 0.15) is 31.6 Å². The predicted molar refractivity (Wildman–Crippen MR) is 80.7 cm³/mol. The highest BCUT2D eigenvalue weighted by Gasteiger charge is 2.02. The van der Waals surface area contributed by atoms with Gasteiger partial charge in [0.05, 0.1) is 0 Å². The second-order valence-corrected chi connectivity index (χ2v) is 6.70. The fourth-order valence-corrected chi connectivity index (χ4v) is 3.21. The van der Waals surface area contributed by atoms with E-state index in [4.69, 9.17) is 0 Å². The van der Waals surface area contributed by atoms with Gasteiger partial charge in [0.2, 0.25) is 0 Å². The average molecular weight is 319 g/mol. The Bertz CT molecular complexity index is 312. The van der Waals surface area contributed by atoms with Crippen molar-refractivity contribution >= 4 is 27.3 Å². The number of hydrogen-bond acceptors (Lipinski definition) is 3. The van der Waals surface area contributed by atoms with E-state index in [1.165, 1.54) is 28.7 Å². The molecule has 0 bridgehead atoms. The molecular weight excluding hydrogens is 296 g/mol. The lowest BCUT2D eigenvalue weighted by Gasteiger charge is -2.15. The molecule has 1 aromatic heterocycles. The van der Waals surface area contributed by atoms with Crippen molar-refractivity contribution in [1.82, 2.24) is 10.2 Å². The van der Waals surface area contributed by atoms with Crippen LogP contribution in [0.4, 0.5) is 0 Å². The van der Waals surface area contributed by atoms with Gasteiger partial charge in [0.15, 0.2) is 0 Å². The topological polar surface area (TPSA) is 15.3 Å². The van der Waals surface area contributed by atoms with Crippen molar-refractivity contribution in [3.63, 3.8) is 0 Å². The highest BCUT2D eigenvalue weighted by atomic mass is 79.9. The van der Waals surface area contributed by atoms with Crippen molar-refractivity contribution in [3.8, 4) is 0 Å². The van der Waals surface area contributed by atoms with Crippen LogP contribution in [-0.4, -0.2) is 31.1 Å². The van der Waals surface area contributed by atoms with Crippen LogP contribution in [0.3, 0.4) is 0 Å². The lowest BCUT2D eigenvalue weighted by Crippen LogP contribution is -2.25. The molecule has 0 aromatic carbocycles. The van der Waals surface area contributed by atoms with Crippen LogP contribution in [0.2, 0.25) is 0 Å². The summed E-state index contributed by atoms with van der Waals surface area (Å²) in [5.74, 6) is 0. The molecule has 1 rings (SSSR count). The van der Waals surface area contributed by atoms with Gasteiger partial charge in [-0.05, 0) is 55.0 Å². The van der Waals surface area contributed by atoms with Crippen LogP contribution in [-0.2, 0) is 6.54 Å². The molecule has 0 aliphatic heterocycles. The SMILES string of the molecule is CC(C)NCCCCN(C)Cc1cc(Br)cs1. The van der Waals surface area contributed by atoms with Crippen LogP contribution < -0.4 is 5.32 Å². The van der Waals surface area contributed by atoms with Gasteiger partial charge in [0.1, 0.15) is 0 Å². The summed E-state index contributed by atoms with van der Waals surface area (Å²) in [7, 11) is 2.20. The minimum Gasteiger partial charge on any atom is -0.315 e. The standard InChI is InChI=1S/C13H23BrN2S/c1-11(2)15-6-4-5-7-16(3)9-13-8-12(14)10-17-13/h8,10-11,15H,4-7,9H2,1-3H3. The molecule has 4 heteroatoms. The second kappa shape index (κ2) is 8.25. The average Bonchev–Trinajstić information content (AvgIpc) is 2.63. The summed E-state index contributed by atoms with van der Waals surface area (Å²) in [5.41, 5.74) is 0. The van der Waals surface area contributed by atoms with Gasteiger partial charge in [0.25, 0.3) is 0 Å². The van der Waals surface area contributed by atoms with E-state index in [-0.39, 0.29) is 0 Å². The molecule has 17 heavy (non-hydrogen) atoms. The summed E-state index contributed by atoms with van der Waals surface area (Å²) < 4.78 is 1.20. The first kappa shape index (κ1) is 15.2. The molecule has 0 spiro atoms. The third-order valence-electron chi connectivity index (χ3n) is 2.57. The van der Waals surface area contributed by atoms with E-state index >= 15 is 0 Å². The molecular formula is C13H23BrN2S. The van der Waals surface area contributed by atoms with Gasteiger partial charge >= 0.3 is 0 Å². The Morgan fingerprint density at radius 1 is 1.41 bits per heavy atom. The summed E-state index contributed by atoms with van der Waals surface area (Å²) in [6.07, 6.45) is 2.53. The molecule has 0 saturated carbocycles. The minimum absolute atomic E-state index is 0.608. The smallest absolute Gasteiger partial charge is 0.0325 e. The first-order valence-electron chi connectivity index (χ1n) is 6.22. The molecule has 1 aromatic rings. The Labute approximate surface area is 118 Å². The minimum atomic E-state index is 0.608. The van der Waals surface area contributed by atoms with E-state index in [0.29, 0.717) is 6.04 Å². The molecule has 0 radical (unpaired) electrons. The normalized spacial score (nSPS) is 11.6. The van der Waals surface area contributed by atoms with Crippen molar-refractivity contribution in [3.05, 3.63) is 20.8 Å². The first-order chi connectivity index (χ1) is 8.08. The zero-order chi connectivity index (χ0) is 12.7. The van der Waals surface area contributed by atoms with E-state index in [1.807, 2.05) is 11.3 Å². The Hall–Kier alpha value is 0.1000. The summed E-state index contributed by atoms with van der Waals surface area (Å²) in [5, 5.41) is 5.60. The van der Waals surface area contributed by atoms with E-state index in [2.05, 4.69) is 58.5 Å². The second-order valence-electron chi connectivity index (χ2n) is 4.78. The van der Waals surface area contributed by atoms with Crippen LogP contribution in [0.5, 0.6) is 0 Å². The molecule has 0 amide bonds. The lowest BCUT2D eigenvalue weighted by molar-refractivity contribution is 0.319. The maximum Gasteiger partial charge on any atom is 0.0325 e. The zero-order valence-electron chi connectivity index (χ0n) is 11.0. The van der Waals surface area contributed by atoms with Crippen molar-refractivity contribution < 1.29 is 0 Å². The molecule has 0 unspecified atom stereocenters. The maximum atomic E-state index is 3.49. The number of nitrogens with zero attached hydrogens (tertiary/aromatic N) is 1. The van der Waals surface area contributed by atoms with Crippen LogP contribution in [0.25, 0.3) is 0 Å². The monoisotopic (exact) mass is 318 g/mol. The first-order valence-corrected chi connectivity index (χ1v) is 7.90. The molecule has 1 N–H and O–H groups in total. The highest BCUT2D eigenvalue weighted by molar-refractivity contribution is 9.10.